The Morgan fingerprint density at radius 1 is 1.12 bits per heavy atom. The number of hydrogen-bond donors (Lipinski definition) is 2. The van der Waals surface area contributed by atoms with Crippen molar-refractivity contribution in [2.24, 2.45) is 0 Å². The van der Waals surface area contributed by atoms with Crippen molar-refractivity contribution in [1.29, 1.82) is 0 Å². The van der Waals surface area contributed by atoms with E-state index < -0.39 is 6.04 Å². The van der Waals surface area contributed by atoms with Gasteiger partial charge in [-0.2, -0.15) is 0 Å². The van der Waals surface area contributed by atoms with Gasteiger partial charge in [-0.25, -0.2) is 0 Å². The van der Waals surface area contributed by atoms with Gasteiger partial charge in [-0.3, -0.25) is 9.59 Å². The Balaban J connectivity index is 1.70. The standard InChI is InChI=1S/C19H18N4O3/c1-13(24)21-17(14-6-3-2-4-7-14)11-18(25)22-16-9-5-8-15(10-16)19-23-20-12-26-19/h2-10,12,17H,11H2,1H3,(H,21,24)(H,22,25). The van der Waals surface area contributed by atoms with Gasteiger partial charge in [-0.05, 0) is 23.8 Å². The first kappa shape index (κ1) is 17.3. The van der Waals surface area contributed by atoms with Gasteiger partial charge in [0.05, 0.1) is 12.5 Å². The Morgan fingerprint density at radius 3 is 2.62 bits per heavy atom. The summed E-state index contributed by atoms with van der Waals surface area (Å²) in [5.41, 5.74) is 2.19. The Kier molecular flexibility index (Phi) is 5.38. The number of carbonyl (C=O) groups excluding carboxylic acids is 2. The average Bonchev–Trinajstić information content (AvgIpc) is 3.16. The van der Waals surface area contributed by atoms with E-state index >= 15 is 0 Å². The summed E-state index contributed by atoms with van der Waals surface area (Å²) in [4.78, 5) is 23.9. The van der Waals surface area contributed by atoms with Gasteiger partial charge >= 0.3 is 0 Å². The number of aromatic nitrogens is 2. The summed E-state index contributed by atoms with van der Waals surface area (Å²) in [6, 6.07) is 16.1. The molecule has 132 valence electrons. The molecule has 0 radical (unpaired) electrons. The van der Waals surface area contributed by atoms with E-state index in [4.69, 9.17) is 4.42 Å². The number of nitrogens with zero attached hydrogens (tertiary/aromatic N) is 2. The van der Waals surface area contributed by atoms with Crippen molar-refractivity contribution in [2.75, 3.05) is 5.32 Å². The summed E-state index contributed by atoms with van der Waals surface area (Å²) in [6.07, 6.45) is 1.37. The molecule has 1 atom stereocenters. The molecule has 0 fully saturated rings. The molecule has 1 aromatic heterocycles. The second-order valence-corrected chi connectivity index (χ2v) is 5.74. The molecule has 0 aliphatic heterocycles. The second kappa shape index (κ2) is 8.06. The van der Waals surface area contributed by atoms with Crippen molar-refractivity contribution >= 4 is 17.5 Å². The van der Waals surface area contributed by atoms with E-state index in [0.29, 0.717) is 17.1 Å². The number of rotatable bonds is 6. The first-order valence-electron chi connectivity index (χ1n) is 8.10. The van der Waals surface area contributed by atoms with E-state index in [2.05, 4.69) is 20.8 Å². The first-order valence-corrected chi connectivity index (χ1v) is 8.10. The van der Waals surface area contributed by atoms with E-state index in [0.717, 1.165) is 5.56 Å². The molecule has 0 saturated heterocycles. The summed E-state index contributed by atoms with van der Waals surface area (Å²) >= 11 is 0. The van der Waals surface area contributed by atoms with Crippen molar-refractivity contribution in [3.8, 4) is 11.5 Å². The SMILES string of the molecule is CC(=O)NC(CC(=O)Nc1cccc(-c2nnco2)c1)c1ccccc1. The van der Waals surface area contributed by atoms with Crippen LogP contribution in [0, 0.1) is 0 Å². The Hall–Kier alpha value is -3.48. The lowest BCUT2D eigenvalue weighted by molar-refractivity contribution is -0.120. The predicted octanol–water partition coefficient (Wildman–Crippen LogP) is 2.94. The molecule has 7 nitrogen and oxygen atoms in total. The number of anilines is 1. The van der Waals surface area contributed by atoms with Crippen molar-refractivity contribution in [2.45, 2.75) is 19.4 Å². The van der Waals surface area contributed by atoms with Gasteiger partial charge < -0.3 is 15.1 Å². The zero-order valence-electron chi connectivity index (χ0n) is 14.2. The van der Waals surface area contributed by atoms with Crippen LogP contribution in [-0.4, -0.2) is 22.0 Å². The summed E-state index contributed by atoms with van der Waals surface area (Å²) < 4.78 is 5.16. The average molecular weight is 350 g/mol. The highest BCUT2D eigenvalue weighted by atomic mass is 16.4. The molecule has 0 aliphatic carbocycles. The molecule has 0 spiro atoms. The Morgan fingerprint density at radius 2 is 1.92 bits per heavy atom. The second-order valence-electron chi connectivity index (χ2n) is 5.74. The fourth-order valence-electron chi connectivity index (χ4n) is 2.61. The van der Waals surface area contributed by atoms with Crippen molar-refractivity contribution in [1.82, 2.24) is 15.5 Å². The van der Waals surface area contributed by atoms with Gasteiger partial charge in [0.2, 0.25) is 24.1 Å². The number of nitrogens with one attached hydrogen (secondary N) is 2. The fraction of sp³-hybridized carbons (Fsp3) is 0.158. The summed E-state index contributed by atoms with van der Waals surface area (Å²) in [7, 11) is 0. The van der Waals surface area contributed by atoms with Crippen molar-refractivity contribution in [3.05, 3.63) is 66.6 Å². The van der Waals surface area contributed by atoms with Gasteiger partial charge in [-0.1, -0.05) is 36.4 Å². The summed E-state index contributed by atoms with van der Waals surface area (Å²) in [5.74, 6) is -0.0261. The molecule has 2 aromatic carbocycles. The molecule has 3 aromatic rings. The molecular formula is C19H18N4O3. The molecule has 3 rings (SSSR count). The minimum absolute atomic E-state index is 0.119. The van der Waals surface area contributed by atoms with Crippen molar-refractivity contribution < 1.29 is 14.0 Å². The van der Waals surface area contributed by atoms with Crippen molar-refractivity contribution in [3.63, 3.8) is 0 Å². The normalized spacial score (nSPS) is 11.6. The van der Waals surface area contributed by atoms with Crippen LogP contribution in [0.15, 0.2) is 65.4 Å². The van der Waals surface area contributed by atoms with Gasteiger partial charge in [0, 0.05) is 18.2 Å². The number of amides is 2. The maximum atomic E-state index is 12.5. The number of benzene rings is 2. The smallest absolute Gasteiger partial charge is 0.247 e. The molecular weight excluding hydrogens is 332 g/mol. The highest BCUT2D eigenvalue weighted by molar-refractivity contribution is 5.92. The van der Waals surface area contributed by atoms with Crippen LogP contribution in [0.3, 0.4) is 0 Å². The van der Waals surface area contributed by atoms with Crippen LogP contribution >= 0.6 is 0 Å². The zero-order chi connectivity index (χ0) is 18.4. The lowest BCUT2D eigenvalue weighted by Crippen LogP contribution is -2.29. The van der Waals surface area contributed by atoms with E-state index in [1.165, 1.54) is 13.3 Å². The van der Waals surface area contributed by atoms with Gasteiger partial charge in [0.15, 0.2) is 0 Å². The van der Waals surface area contributed by atoms with Crippen LogP contribution in [0.4, 0.5) is 5.69 Å². The molecule has 1 unspecified atom stereocenters. The maximum absolute atomic E-state index is 12.5. The van der Waals surface area contributed by atoms with Crippen LogP contribution in [0.1, 0.15) is 24.9 Å². The Bertz CT molecular complexity index is 879. The summed E-state index contributed by atoms with van der Waals surface area (Å²) in [6.45, 7) is 1.43. The van der Waals surface area contributed by atoms with Gasteiger partial charge in [0.25, 0.3) is 0 Å². The number of hydrogen-bond acceptors (Lipinski definition) is 5. The highest BCUT2D eigenvalue weighted by Crippen LogP contribution is 2.22. The maximum Gasteiger partial charge on any atom is 0.247 e. The fourth-order valence-corrected chi connectivity index (χ4v) is 2.61. The minimum atomic E-state index is -0.396. The van der Waals surface area contributed by atoms with E-state index in [1.54, 1.807) is 18.2 Å². The van der Waals surface area contributed by atoms with Gasteiger partial charge in [-0.15, -0.1) is 10.2 Å². The third-order valence-corrected chi connectivity index (χ3v) is 3.72. The molecule has 7 heteroatoms. The van der Waals surface area contributed by atoms with E-state index in [9.17, 15) is 9.59 Å². The lowest BCUT2D eigenvalue weighted by Gasteiger charge is -2.18. The molecule has 1 heterocycles. The predicted molar refractivity (Wildman–Crippen MR) is 96.0 cm³/mol. The van der Waals surface area contributed by atoms with E-state index in [-0.39, 0.29) is 18.2 Å². The van der Waals surface area contributed by atoms with E-state index in [1.807, 2.05) is 36.4 Å². The molecule has 26 heavy (non-hydrogen) atoms. The summed E-state index contributed by atoms with van der Waals surface area (Å²) in [5, 5.41) is 13.1. The lowest BCUT2D eigenvalue weighted by atomic mass is 10.0. The van der Waals surface area contributed by atoms with Crippen LogP contribution in [-0.2, 0) is 9.59 Å². The third-order valence-electron chi connectivity index (χ3n) is 3.72. The minimum Gasteiger partial charge on any atom is -0.423 e. The van der Waals surface area contributed by atoms with Crippen LogP contribution in [0.25, 0.3) is 11.5 Å². The molecule has 2 N–H and O–H groups in total. The largest absolute Gasteiger partial charge is 0.423 e. The monoisotopic (exact) mass is 350 g/mol. The third kappa shape index (κ3) is 4.54. The van der Waals surface area contributed by atoms with Crippen LogP contribution in [0.5, 0.6) is 0 Å². The highest BCUT2D eigenvalue weighted by Gasteiger charge is 2.17. The molecule has 2 amide bonds. The van der Waals surface area contributed by atoms with Gasteiger partial charge in [0.1, 0.15) is 0 Å². The molecule has 0 bridgehead atoms. The number of carbonyl (C=O) groups is 2. The molecule has 0 saturated carbocycles. The first-order chi connectivity index (χ1) is 12.6. The quantitative estimate of drug-likeness (QED) is 0.712. The van der Waals surface area contributed by atoms with Crippen LogP contribution in [0.2, 0.25) is 0 Å². The topological polar surface area (TPSA) is 97.1 Å². The molecule has 0 aliphatic rings. The Labute approximate surface area is 150 Å². The zero-order valence-corrected chi connectivity index (χ0v) is 14.2. The van der Waals surface area contributed by atoms with Crippen LogP contribution < -0.4 is 10.6 Å².